The lowest BCUT2D eigenvalue weighted by molar-refractivity contribution is -0.274. The highest BCUT2D eigenvalue weighted by Crippen LogP contribution is 2.23. The molecule has 0 aliphatic rings. The minimum atomic E-state index is -4.78. The number of carbonyl (C=O) groups excluding carboxylic acids is 2. The van der Waals surface area contributed by atoms with Crippen LogP contribution in [0.3, 0.4) is 0 Å². The van der Waals surface area contributed by atoms with E-state index in [1.165, 1.54) is 18.2 Å². The number of amides is 1. The molecule has 0 fully saturated rings. The van der Waals surface area contributed by atoms with Crippen LogP contribution in [0.1, 0.15) is 17.2 Å². The monoisotopic (exact) mass is 365 g/mol. The van der Waals surface area contributed by atoms with Gasteiger partial charge in [0.2, 0.25) is 6.10 Å². The molecule has 136 valence electrons. The van der Waals surface area contributed by atoms with Crippen molar-refractivity contribution in [1.29, 1.82) is 0 Å². The van der Waals surface area contributed by atoms with Gasteiger partial charge in [0.1, 0.15) is 5.75 Å². The Labute approximate surface area is 146 Å². The van der Waals surface area contributed by atoms with E-state index in [2.05, 4.69) is 4.74 Å². The number of ether oxygens (including phenoxy) is 2. The van der Waals surface area contributed by atoms with Crippen molar-refractivity contribution in [3.05, 3.63) is 71.8 Å². The Morgan fingerprint density at radius 2 is 1.62 bits per heavy atom. The first kappa shape index (κ1) is 19.0. The largest absolute Gasteiger partial charge is 0.573 e. The Morgan fingerprint density at radius 3 is 2.15 bits per heavy atom. The summed E-state index contributed by atoms with van der Waals surface area (Å²) in [6, 6.07) is 13.1. The van der Waals surface area contributed by atoms with Gasteiger partial charge in [-0.3, -0.25) is 4.79 Å². The summed E-state index contributed by atoms with van der Waals surface area (Å²) in [6.45, 7) is 0. The Morgan fingerprint density at radius 1 is 1.00 bits per heavy atom. The van der Waals surface area contributed by atoms with Gasteiger partial charge in [0, 0.05) is 11.6 Å². The van der Waals surface area contributed by atoms with Crippen LogP contribution in [0.2, 0.25) is 0 Å². The molecule has 0 aromatic heterocycles. The highest BCUT2D eigenvalue weighted by molar-refractivity contribution is 5.90. The molecule has 8 heteroatoms. The lowest BCUT2D eigenvalue weighted by atomic mass is 10.1. The molecule has 0 bridgehead atoms. The molecule has 1 unspecified atom stereocenters. The van der Waals surface area contributed by atoms with Crippen molar-refractivity contribution in [3.63, 3.8) is 0 Å². The number of benzene rings is 2. The number of esters is 1. The number of rotatable bonds is 6. The number of nitrogens with two attached hydrogens (primary N) is 1. The van der Waals surface area contributed by atoms with Crippen molar-refractivity contribution < 1.29 is 32.2 Å². The summed E-state index contributed by atoms with van der Waals surface area (Å²) in [5.74, 6) is -2.03. The molecule has 1 atom stereocenters. The zero-order chi connectivity index (χ0) is 19.2. The molecule has 1 amide bonds. The molecule has 0 saturated carbocycles. The number of hydrogen-bond donors (Lipinski definition) is 1. The van der Waals surface area contributed by atoms with Crippen LogP contribution < -0.4 is 10.5 Å². The van der Waals surface area contributed by atoms with E-state index in [-0.39, 0.29) is 5.75 Å². The lowest BCUT2D eigenvalue weighted by Gasteiger charge is -2.13. The summed E-state index contributed by atoms with van der Waals surface area (Å²) in [7, 11) is 0. The average molecular weight is 365 g/mol. The smallest absolute Gasteiger partial charge is 0.444 e. The van der Waals surface area contributed by atoms with E-state index in [1.54, 1.807) is 30.3 Å². The quantitative estimate of drug-likeness (QED) is 0.629. The van der Waals surface area contributed by atoms with Crippen LogP contribution in [0.25, 0.3) is 6.08 Å². The van der Waals surface area contributed by atoms with Gasteiger partial charge in [0.05, 0.1) is 0 Å². The number of primary amides is 1. The summed E-state index contributed by atoms with van der Waals surface area (Å²) >= 11 is 0. The highest BCUT2D eigenvalue weighted by atomic mass is 19.4. The van der Waals surface area contributed by atoms with Crippen molar-refractivity contribution in [2.45, 2.75) is 12.5 Å². The first-order valence-electron chi connectivity index (χ1n) is 7.33. The SMILES string of the molecule is NC(=O)C(OC(=O)/C=C/c1ccc(OC(F)(F)F)cc1)c1ccccc1. The van der Waals surface area contributed by atoms with Crippen molar-refractivity contribution >= 4 is 18.0 Å². The molecular formula is C18H14F3NO4. The molecule has 5 nitrogen and oxygen atoms in total. The second-order valence-electron chi connectivity index (χ2n) is 5.08. The van der Waals surface area contributed by atoms with E-state index in [1.807, 2.05) is 0 Å². The van der Waals surface area contributed by atoms with Crippen LogP contribution >= 0.6 is 0 Å². The average Bonchev–Trinajstić information content (AvgIpc) is 2.58. The van der Waals surface area contributed by atoms with Gasteiger partial charge in [0.25, 0.3) is 5.91 Å². The van der Waals surface area contributed by atoms with Crippen LogP contribution in [0, 0.1) is 0 Å². The maximum Gasteiger partial charge on any atom is 0.573 e. The zero-order valence-electron chi connectivity index (χ0n) is 13.3. The van der Waals surface area contributed by atoms with Gasteiger partial charge in [0.15, 0.2) is 0 Å². The van der Waals surface area contributed by atoms with Gasteiger partial charge in [-0.15, -0.1) is 13.2 Å². The number of alkyl halides is 3. The molecule has 0 aliphatic carbocycles. The predicted molar refractivity (Wildman–Crippen MR) is 86.6 cm³/mol. The third kappa shape index (κ3) is 5.97. The molecule has 0 radical (unpaired) electrons. The predicted octanol–water partition coefficient (Wildman–Crippen LogP) is 3.37. The highest BCUT2D eigenvalue weighted by Gasteiger charge is 2.30. The van der Waals surface area contributed by atoms with Crippen molar-refractivity contribution in [3.8, 4) is 5.75 Å². The summed E-state index contributed by atoms with van der Waals surface area (Å²) in [5.41, 5.74) is 6.11. The Kier molecular flexibility index (Phi) is 6.00. The maximum absolute atomic E-state index is 12.1. The Balaban J connectivity index is 2.01. The summed E-state index contributed by atoms with van der Waals surface area (Å²) in [6.07, 6.45) is -3.65. The number of carbonyl (C=O) groups is 2. The fourth-order valence-electron chi connectivity index (χ4n) is 2.02. The molecule has 0 heterocycles. The van der Waals surface area contributed by atoms with Gasteiger partial charge in [-0.2, -0.15) is 0 Å². The van der Waals surface area contributed by atoms with Crippen LogP contribution in [0.5, 0.6) is 5.75 Å². The molecule has 0 spiro atoms. The van der Waals surface area contributed by atoms with Crippen LogP contribution in [0.4, 0.5) is 13.2 Å². The van der Waals surface area contributed by atoms with Gasteiger partial charge in [-0.1, -0.05) is 42.5 Å². The molecule has 2 aromatic carbocycles. The van der Waals surface area contributed by atoms with Crippen molar-refractivity contribution in [2.75, 3.05) is 0 Å². The second kappa shape index (κ2) is 8.19. The van der Waals surface area contributed by atoms with Crippen molar-refractivity contribution in [2.24, 2.45) is 5.73 Å². The summed E-state index contributed by atoms with van der Waals surface area (Å²) in [4.78, 5) is 23.3. The Hall–Kier alpha value is -3.29. The maximum atomic E-state index is 12.1. The first-order chi connectivity index (χ1) is 12.2. The van der Waals surface area contributed by atoms with Gasteiger partial charge in [-0.25, -0.2) is 4.79 Å². The summed E-state index contributed by atoms with van der Waals surface area (Å²) < 4.78 is 45.0. The van der Waals surface area contributed by atoms with Gasteiger partial charge in [-0.05, 0) is 23.8 Å². The van der Waals surface area contributed by atoms with E-state index in [0.717, 1.165) is 18.2 Å². The van der Waals surface area contributed by atoms with E-state index < -0.39 is 24.3 Å². The third-order valence-electron chi connectivity index (χ3n) is 3.12. The second-order valence-corrected chi connectivity index (χ2v) is 5.08. The minimum Gasteiger partial charge on any atom is -0.444 e. The standard InChI is InChI=1S/C18H14F3NO4/c19-18(20,21)26-14-9-6-12(7-10-14)8-11-15(23)25-16(17(22)24)13-4-2-1-3-5-13/h1-11,16H,(H2,22,24)/b11-8+. The molecule has 2 N–H and O–H groups in total. The van der Waals surface area contributed by atoms with Crippen LogP contribution in [0.15, 0.2) is 60.7 Å². The van der Waals surface area contributed by atoms with Crippen LogP contribution in [-0.4, -0.2) is 18.2 Å². The normalized spacial score (nSPS) is 12.6. The van der Waals surface area contributed by atoms with Gasteiger partial charge < -0.3 is 15.2 Å². The summed E-state index contributed by atoms with van der Waals surface area (Å²) in [5, 5.41) is 0. The zero-order valence-corrected chi connectivity index (χ0v) is 13.3. The van der Waals surface area contributed by atoms with E-state index in [0.29, 0.717) is 11.1 Å². The molecular weight excluding hydrogens is 351 g/mol. The molecule has 0 aliphatic heterocycles. The molecule has 2 aromatic rings. The third-order valence-corrected chi connectivity index (χ3v) is 3.12. The molecule has 0 saturated heterocycles. The van der Waals surface area contributed by atoms with Gasteiger partial charge >= 0.3 is 12.3 Å². The molecule has 2 rings (SSSR count). The fraction of sp³-hybridized carbons (Fsp3) is 0.111. The van der Waals surface area contributed by atoms with E-state index >= 15 is 0 Å². The molecule has 26 heavy (non-hydrogen) atoms. The van der Waals surface area contributed by atoms with E-state index in [4.69, 9.17) is 10.5 Å². The first-order valence-corrected chi connectivity index (χ1v) is 7.33. The minimum absolute atomic E-state index is 0.380. The fourth-order valence-corrected chi connectivity index (χ4v) is 2.02. The topological polar surface area (TPSA) is 78.6 Å². The lowest BCUT2D eigenvalue weighted by Crippen LogP contribution is -2.25. The van der Waals surface area contributed by atoms with Crippen LogP contribution in [-0.2, 0) is 14.3 Å². The van der Waals surface area contributed by atoms with Crippen molar-refractivity contribution in [1.82, 2.24) is 0 Å². The Bertz CT molecular complexity index is 786. The van der Waals surface area contributed by atoms with E-state index in [9.17, 15) is 22.8 Å². The number of hydrogen-bond acceptors (Lipinski definition) is 4. The number of halogens is 3.